The summed E-state index contributed by atoms with van der Waals surface area (Å²) in [5, 5.41) is 2.90. The second-order valence-corrected chi connectivity index (χ2v) is 10.4. The van der Waals surface area contributed by atoms with Gasteiger partial charge in [0.1, 0.15) is 18.3 Å². The normalized spacial score (nSPS) is 12.2. The first-order valence-corrected chi connectivity index (χ1v) is 13.1. The minimum atomic E-state index is -3.77. The number of hydrogen-bond donors (Lipinski definition) is 1. The Morgan fingerprint density at radius 2 is 1.65 bits per heavy atom. The van der Waals surface area contributed by atoms with Crippen LogP contribution in [0.2, 0.25) is 0 Å². The Morgan fingerprint density at radius 1 is 1.03 bits per heavy atom. The molecule has 0 saturated carbocycles. The molecule has 0 aromatic heterocycles. The number of sulfonamides is 1. The monoisotopic (exact) mass is 489 g/mol. The molecule has 0 aliphatic carbocycles. The van der Waals surface area contributed by atoms with Gasteiger partial charge < -0.3 is 15.0 Å². The lowest BCUT2D eigenvalue weighted by molar-refractivity contribution is -0.140. The molecule has 0 fully saturated rings. The summed E-state index contributed by atoms with van der Waals surface area (Å²) in [6, 6.07) is 15.0. The van der Waals surface area contributed by atoms with Gasteiger partial charge in [-0.1, -0.05) is 51.1 Å². The maximum absolute atomic E-state index is 13.6. The number of nitrogens with zero attached hydrogens (tertiary/aromatic N) is 2. The van der Waals surface area contributed by atoms with Crippen molar-refractivity contribution >= 4 is 27.5 Å². The van der Waals surface area contributed by atoms with Gasteiger partial charge in [0.15, 0.2) is 0 Å². The molecule has 2 aromatic carbocycles. The standard InChI is InChI=1S/C25H35N3O5S/c1-6-23(25(30)26-16-19(2)3)27(17-20-10-8-7-9-11-20)24(29)18-28(34(5,31)32)21-12-14-22(33-4)15-13-21/h7-15,19,23H,6,16-18H2,1-5H3,(H,26,30). The molecule has 0 aliphatic rings. The quantitative estimate of drug-likeness (QED) is 0.494. The molecule has 1 atom stereocenters. The van der Waals surface area contributed by atoms with E-state index in [9.17, 15) is 18.0 Å². The fraction of sp³-hybridized carbons (Fsp3) is 0.440. The van der Waals surface area contributed by atoms with Crippen molar-refractivity contribution in [1.82, 2.24) is 10.2 Å². The summed E-state index contributed by atoms with van der Waals surface area (Å²) in [4.78, 5) is 28.0. The Bertz CT molecular complexity index is 1040. The Hall–Kier alpha value is -3.07. The van der Waals surface area contributed by atoms with Gasteiger partial charge in [-0.25, -0.2) is 8.42 Å². The Kier molecular flexibility index (Phi) is 9.92. The summed E-state index contributed by atoms with van der Waals surface area (Å²) in [6.45, 7) is 6.08. The number of ether oxygens (including phenoxy) is 1. The van der Waals surface area contributed by atoms with Crippen LogP contribution in [0, 0.1) is 5.92 Å². The van der Waals surface area contributed by atoms with Crippen LogP contribution in [0.15, 0.2) is 54.6 Å². The predicted molar refractivity (Wildman–Crippen MR) is 134 cm³/mol. The van der Waals surface area contributed by atoms with Crippen LogP contribution in [0.1, 0.15) is 32.8 Å². The molecule has 0 radical (unpaired) electrons. The summed E-state index contributed by atoms with van der Waals surface area (Å²) in [5.74, 6) is 0.116. The van der Waals surface area contributed by atoms with Crippen LogP contribution < -0.4 is 14.4 Å². The van der Waals surface area contributed by atoms with E-state index in [1.54, 1.807) is 24.3 Å². The fourth-order valence-electron chi connectivity index (χ4n) is 3.48. The first kappa shape index (κ1) is 27.2. The van der Waals surface area contributed by atoms with Crippen LogP contribution >= 0.6 is 0 Å². The van der Waals surface area contributed by atoms with Gasteiger partial charge in [0.25, 0.3) is 0 Å². The molecule has 2 rings (SSSR count). The SMILES string of the molecule is CCC(C(=O)NCC(C)C)N(Cc1ccccc1)C(=O)CN(c1ccc(OC)cc1)S(C)(=O)=O. The van der Waals surface area contributed by atoms with Crippen LogP contribution in [-0.2, 0) is 26.2 Å². The number of carbonyl (C=O) groups excluding carboxylic acids is 2. The minimum absolute atomic E-state index is 0.188. The van der Waals surface area contributed by atoms with E-state index in [2.05, 4.69) is 5.32 Å². The maximum atomic E-state index is 13.6. The van der Waals surface area contributed by atoms with Crippen molar-refractivity contribution in [3.05, 3.63) is 60.2 Å². The van der Waals surface area contributed by atoms with Gasteiger partial charge >= 0.3 is 0 Å². The van der Waals surface area contributed by atoms with Crippen molar-refractivity contribution in [2.45, 2.75) is 39.8 Å². The zero-order chi connectivity index (χ0) is 25.3. The number of amides is 2. The molecule has 8 nitrogen and oxygen atoms in total. The number of carbonyl (C=O) groups is 2. The number of hydrogen-bond acceptors (Lipinski definition) is 5. The number of methoxy groups -OCH3 is 1. The molecule has 2 aromatic rings. The van der Waals surface area contributed by atoms with Gasteiger partial charge in [-0.3, -0.25) is 13.9 Å². The van der Waals surface area contributed by atoms with E-state index in [1.165, 1.54) is 12.0 Å². The molecule has 34 heavy (non-hydrogen) atoms. The van der Waals surface area contributed by atoms with Crippen molar-refractivity contribution in [3.8, 4) is 5.75 Å². The maximum Gasteiger partial charge on any atom is 0.244 e. The van der Waals surface area contributed by atoms with Crippen molar-refractivity contribution in [3.63, 3.8) is 0 Å². The number of anilines is 1. The molecule has 9 heteroatoms. The van der Waals surface area contributed by atoms with Gasteiger partial charge in [-0.2, -0.15) is 0 Å². The number of rotatable bonds is 12. The first-order chi connectivity index (χ1) is 16.1. The van der Waals surface area contributed by atoms with Crippen molar-refractivity contribution in [2.24, 2.45) is 5.92 Å². The van der Waals surface area contributed by atoms with Gasteiger partial charge in [-0.15, -0.1) is 0 Å². The molecule has 0 spiro atoms. The highest BCUT2D eigenvalue weighted by Crippen LogP contribution is 2.22. The Morgan fingerprint density at radius 3 is 2.15 bits per heavy atom. The molecule has 1 unspecified atom stereocenters. The Labute approximate surface area is 202 Å². The number of nitrogens with one attached hydrogen (secondary N) is 1. The summed E-state index contributed by atoms with van der Waals surface area (Å²) < 4.78 is 31.4. The highest BCUT2D eigenvalue weighted by atomic mass is 32.2. The van der Waals surface area contributed by atoms with Crippen LogP contribution in [0.4, 0.5) is 5.69 Å². The van der Waals surface area contributed by atoms with E-state index in [-0.39, 0.29) is 18.4 Å². The van der Waals surface area contributed by atoms with E-state index in [1.807, 2.05) is 51.1 Å². The molecule has 2 amide bonds. The second-order valence-electron chi connectivity index (χ2n) is 8.54. The summed E-state index contributed by atoms with van der Waals surface area (Å²) in [6.07, 6.45) is 1.45. The third kappa shape index (κ3) is 7.76. The molecular weight excluding hydrogens is 454 g/mol. The third-order valence-electron chi connectivity index (χ3n) is 5.31. The van der Waals surface area contributed by atoms with Gasteiger partial charge in [0, 0.05) is 13.1 Å². The lowest BCUT2D eigenvalue weighted by atomic mass is 10.1. The molecule has 0 bridgehead atoms. The van der Waals surface area contributed by atoms with Gasteiger partial charge in [0.05, 0.1) is 19.1 Å². The lowest BCUT2D eigenvalue weighted by Crippen LogP contribution is -2.52. The van der Waals surface area contributed by atoms with Crippen LogP contribution in [0.3, 0.4) is 0 Å². The van der Waals surface area contributed by atoms with E-state index < -0.39 is 28.5 Å². The van der Waals surface area contributed by atoms with E-state index in [0.29, 0.717) is 24.4 Å². The smallest absolute Gasteiger partial charge is 0.244 e. The van der Waals surface area contributed by atoms with Crippen LogP contribution in [-0.4, -0.2) is 57.6 Å². The predicted octanol–water partition coefficient (Wildman–Crippen LogP) is 3.04. The van der Waals surface area contributed by atoms with Gasteiger partial charge in [-0.05, 0) is 42.2 Å². The van der Waals surface area contributed by atoms with Crippen LogP contribution in [0.5, 0.6) is 5.75 Å². The van der Waals surface area contributed by atoms with E-state index in [0.717, 1.165) is 16.1 Å². The van der Waals surface area contributed by atoms with Crippen molar-refractivity contribution < 1.29 is 22.7 Å². The average Bonchev–Trinajstić information content (AvgIpc) is 2.81. The highest BCUT2D eigenvalue weighted by Gasteiger charge is 2.31. The number of benzene rings is 2. The molecule has 1 N–H and O–H groups in total. The molecule has 0 aliphatic heterocycles. The molecule has 186 valence electrons. The fourth-order valence-corrected chi connectivity index (χ4v) is 4.33. The van der Waals surface area contributed by atoms with E-state index in [4.69, 9.17) is 4.74 Å². The zero-order valence-electron chi connectivity index (χ0n) is 20.5. The summed E-state index contributed by atoms with van der Waals surface area (Å²) in [5.41, 5.74) is 1.19. The molecule has 0 saturated heterocycles. The average molecular weight is 490 g/mol. The highest BCUT2D eigenvalue weighted by molar-refractivity contribution is 7.92. The van der Waals surface area contributed by atoms with Crippen molar-refractivity contribution in [1.29, 1.82) is 0 Å². The first-order valence-electron chi connectivity index (χ1n) is 11.3. The molecular formula is C25H35N3O5S. The van der Waals surface area contributed by atoms with Crippen LogP contribution in [0.25, 0.3) is 0 Å². The van der Waals surface area contributed by atoms with Crippen molar-refractivity contribution in [2.75, 3.05) is 30.8 Å². The van der Waals surface area contributed by atoms with Gasteiger partial charge in [0.2, 0.25) is 21.8 Å². The summed E-state index contributed by atoms with van der Waals surface area (Å²) in [7, 11) is -2.25. The topological polar surface area (TPSA) is 96.0 Å². The van der Waals surface area contributed by atoms with E-state index >= 15 is 0 Å². The minimum Gasteiger partial charge on any atom is -0.497 e. The summed E-state index contributed by atoms with van der Waals surface area (Å²) >= 11 is 0. The third-order valence-corrected chi connectivity index (χ3v) is 6.45. The molecule has 0 heterocycles. The Balaban J connectivity index is 2.38. The zero-order valence-corrected chi connectivity index (χ0v) is 21.3. The largest absolute Gasteiger partial charge is 0.497 e. The lowest BCUT2D eigenvalue weighted by Gasteiger charge is -2.33. The second kappa shape index (κ2) is 12.4.